The van der Waals surface area contributed by atoms with E-state index in [0.29, 0.717) is 0 Å². The Morgan fingerprint density at radius 1 is 0.765 bits per heavy atom. The lowest BCUT2D eigenvalue weighted by atomic mass is 10.0. The maximum absolute atomic E-state index is 13.2. The van der Waals surface area contributed by atoms with Crippen LogP contribution in [0.25, 0.3) is 11.1 Å². The van der Waals surface area contributed by atoms with Gasteiger partial charge in [-0.1, -0.05) is 18.2 Å². The Hall–Kier alpha value is -2.30. The highest BCUT2D eigenvalue weighted by atomic mass is 19.2. The van der Waals surface area contributed by atoms with Gasteiger partial charge in [-0.3, -0.25) is 0 Å². The average Bonchev–Trinajstić information content (AvgIpc) is 2.32. The summed E-state index contributed by atoms with van der Waals surface area (Å²) in [6.07, 6.45) is 0. The molecule has 0 unspecified atom stereocenters. The molecule has 0 heterocycles. The standard InChI is InChI=1S/C12H8F2O3/c13-10-9(16)5-7(12(17)11(10)14)6-3-1-2-4-8(6)15/h1-5,15-17H. The zero-order chi connectivity index (χ0) is 12.6. The zero-order valence-corrected chi connectivity index (χ0v) is 8.48. The van der Waals surface area contributed by atoms with Crippen LogP contribution in [-0.2, 0) is 0 Å². The summed E-state index contributed by atoms with van der Waals surface area (Å²) in [5.74, 6) is -5.18. The molecule has 0 amide bonds. The van der Waals surface area contributed by atoms with Crippen molar-refractivity contribution in [2.24, 2.45) is 0 Å². The molecule has 0 bridgehead atoms. The van der Waals surface area contributed by atoms with E-state index in [1.165, 1.54) is 18.2 Å². The number of benzene rings is 2. The monoisotopic (exact) mass is 238 g/mol. The lowest BCUT2D eigenvalue weighted by Gasteiger charge is -2.09. The van der Waals surface area contributed by atoms with Gasteiger partial charge in [-0.05, 0) is 12.1 Å². The first-order valence-electron chi connectivity index (χ1n) is 4.70. The molecule has 3 N–H and O–H groups in total. The summed E-state index contributed by atoms with van der Waals surface area (Å²) in [5, 5.41) is 28.1. The molecule has 2 aromatic carbocycles. The minimum atomic E-state index is -1.55. The summed E-state index contributed by atoms with van der Waals surface area (Å²) in [5.41, 5.74) is -0.0845. The van der Waals surface area contributed by atoms with E-state index in [-0.39, 0.29) is 16.9 Å². The van der Waals surface area contributed by atoms with Crippen molar-refractivity contribution in [1.29, 1.82) is 0 Å². The molecule has 0 atom stereocenters. The SMILES string of the molecule is Oc1ccccc1-c1cc(O)c(F)c(F)c1O. The molecule has 0 saturated carbocycles. The smallest absolute Gasteiger partial charge is 0.204 e. The molecular weight excluding hydrogens is 230 g/mol. The van der Waals surface area contributed by atoms with Crippen molar-refractivity contribution in [2.45, 2.75) is 0 Å². The van der Waals surface area contributed by atoms with Crippen LogP contribution in [0, 0.1) is 11.6 Å². The van der Waals surface area contributed by atoms with Crippen LogP contribution in [0.2, 0.25) is 0 Å². The van der Waals surface area contributed by atoms with Crippen LogP contribution in [0.5, 0.6) is 17.2 Å². The molecular formula is C12H8F2O3. The second-order valence-electron chi connectivity index (χ2n) is 3.44. The van der Waals surface area contributed by atoms with Gasteiger partial charge in [0.25, 0.3) is 0 Å². The lowest BCUT2D eigenvalue weighted by molar-refractivity contribution is 0.375. The number of phenolic OH excluding ortho intramolecular Hbond substituents is 3. The maximum atomic E-state index is 13.2. The topological polar surface area (TPSA) is 60.7 Å². The number of halogens is 2. The van der Waals surface area contributed by atoms with Crippen LogP contribution in [0.3, 0.4) is 0 Å². The molecule has 0 radical (unpaired) electrons. The molecule has 0 aliphatic heterocycles. The van der Waals surface area contributed by atoms with E-state index in [2.05, 4.69) is 0 Å². The van der Waals surface area contributed by atoms with Gasteiger partial charge in [-0.2, -0.15) is 8.78 Å². The quantitative estimate of drug-likeness (QED) is 0.669. The summed E-state index contributed by atoms with van der Waals surface area (Å²) in [6, 6.07) is 6.67. The average molecular weight is 238 g/mol. The first-order valence-corrected chi connectivity index (χ1v) is 4.70. The van der Waals surface area contributed by atoms with E-state index in [9.17, 15) is 19.0 Å². The third-order valence-corrected chi connectivity index (χ3v) is 2.36. The summed E-state index contributed by atoms with van der Waals surface area (Å²) < 4.78 is 26.1. The fourth-order valence-corrected chi connectivity index (χ4v) is 1.51. The van der Waals surface area contributed by atoms with Crippen molar-refractivity contribution in [3.8, 4) is 28.4 Å². The highest BCUT2D eigenvalue weighted by molar-refractivity contribution is 5.76. The molecule has 5 heteroatoms. The second kappa shape index (κ2) is 3.93. The number of rotatable bonds is 1. The Morgan fingerprint density at radius 2 is 1.41 bits per heavy atom. The fourth-order valence-electron chi connectivity index (χ4n) is 1.51. The Bertz CT molecular complexity index is 582. The van der Waals surface area contributed by atoms with Crippen LogP contribution >= 0.6 is 0 Å². The number of hydrogen-bond acceptors (Lipinski definition) is 3. The molecule has 17 heavy (non-hydrogen) atoms. The number of hydrogen-bond donors (Lipinski definition) is 3. The molecule has 88 valence electrons. The zero-order valence-electron chi connectivity index (χ0n) is 8.48. The van der Waals surface area contributed by atoms with Gasteiger partial charge < -0.3 is 15.3 Å². The van der Waals surface area contributed by atoms with Gasteiger partial charge in [0.15, 0.2) is 11.5 Å². The molecule has 0 spiro atoms. The number of phenols is 3. The van der Waals surface area contributed by atoms with E-state index in [4.69, 9.17) is 5.11 Å². The predicted molar refractivity (Wildman–Crippen MR) is 56.8 cm³/mol. The van der Waals surface area contributed by atoms with Crippen molar-refractivity contribution in [1.82, 2.24) is 0 Å². The normalized spacial score (nSPS) is 10.5. The molecule has 0 aliphatic carbocycles. The predicted octanol–water partition coefficient (Wildman–Crippen LogP) is 2.75. The van der Waals surface area contributed by atoms with Gasteiger partial charge in [0.05, 0.1) is 0 Å². The Balaban J connectivity index is 2.73. The summed E-state index contributed by atoms with van der Waals surface area (Å²) in [7, 11) is 0. The molecule has 0 fully saturated rings. The molecule has 0 aromatic heterocycles. The van der Waals surface area contributed by atoms with Gasteiger partial charge in [0.1, 0.15) is 5.75 Å². The van der Waals surface area contributed by atoms with Gasteiger partial charge in [0.2, 0.25) is 11.6 Å². The van der Waals surface area contributed by atoms with Crippen molar-refractivity contribution in [3.63, 3.8) is 0 Å². The molecule has 2 rings (SSSR count). The van der Waals surface area contributed by atoms with Crippen molar-refractivity contribution < 1.29 is 24.1 Å². The summed E-state index contributed by atoms with van der Waals surface area (Å²) in [4.78, 5) is 0. The maximum Gasteiger partial charge on any atom is 0.204 e. The van der Waals surface area contributed by atoms with Crippen LogP contribution in [0.1, 0.15) is 0 Å². The molecule has 2 aromatic rings. The van der Waals surface area contributed by atoms with Crippen molar-refractivity contribution in [2.75, 3.05) is 0 Å². The van der Waals surface area contributed by atoms with Gasteiger partial charge >= 0.3 is 0 Å². The van der Waals surface area contributed by atoms with Crippen LogP contribution in [0.4, 0.5) is 8.78 Å². The van der Waals surface area contributed by atoms with E-state index in [1.807, 2.05) is 0 Å². The van der Waals surface area contributed by atoms with E-state index >= 15 is 0 Å². The van der Waals surface area contributed by atoms with E-state index in [1.54, 1.807) is 6.07 Å². The highest BCUT2D eigenvalue weighted by Gasteiger charge is 2.19. The van der Waals surface area contributed by atoms with Crippen LogP contribution in [-0.4, -0.2) is 15.3 Å². The highest BCUT2D eigenvalue weighted by Crippen LogP contribution is 2.40. The number of para-hydroxylation sites is 1. The van der Waals surface area contributed by atoms with Gasteiger partial charge in [0, 0.05) is 11.1 Å². The minimum absolute atomic E-state index is 0.0965. The number of aromatic hydroxyl groups is 3. The summed E-state index contributed by atoms with van der Waals surface area (Å²) >= 11 is 0. The largest absolute Gasteiger partial charge is 0.507 e. The molecule has 0 saturated heterocycles. The second-order valence-corrected chi connectivity index (χ2v) is 3.44. The van der Waals surface area contributed by atoms with Crippen molar-refractivity contribution >= 4 is 0 Å². The first kappa shape index (κ1) is 11.2. The fraction of sp³-hybridized carbons (Fsp3) is 0. The van der Waals surface area contributed by atoms with Crippen molar-refractivity contribution in [3.05, 3.63) is 42.0 Å². The summed E-state index contributed by atoms with van der Waals surface area (Å²) in [6.45, 7) is 0. The Morgan fingerprint density at radius 3 is 2.06 bits per heavy atom. The van der Waals surface area contributed by atoms with Gasteiger partial charge in [-0.25, -0.2) is 0 Å². The van der Waals surface area contributed by atoms with Gasteiger partial charge in [-0.15, -0.1) is 0 Å². The molecule has 3 nitrogen and oxygen atoms in total. The van der Waals surface area contributed by atoms with E-state index < -0.39 is 23.1 Å². The van der Waals surface area contributed by atoms with Crippen LogP contribution < -0.4 is 0 Å². The third kappa shape index (κ3) is 1.75. The van der Waals surface area contributed by atoms with E-state index in [0.717, 1.165) is 6.07 Å². The Labute approximate surface area is 95.2 Å². The minimum Gasteiger partial charge on any atom is -0.507 e. The first-order chi connectivity index (χ1) is 8.02. The lowest BCUT2D eigenvalue weighted by Crippen LogP contribution is -1.90. The Kier molecular flexibility index (Phi) is 2.59. The molecule has 0 aliphatic rings. The third-order valence-electron chi connectivity index (χ3n) is 2.36. The van der Waals surface area contributed by atoms with Crippen LogP contribution in [0.15, 0.2) is 30.3 Å².